The Morgan fingerprint density at radius 2 is 1.94 bits per heavy atom. The third-order valence-corrected chi connectivity index (χ3v) is 3.90. The van der Waals surface area contributed by atoms with Gasteiger partial charge < -0.3 is 5.32 Å². The van der Waals surface area contributed by atoms with E-state index in [1.807, 2.05) is 0 Å². The predicted octanol–water partition coefficient (Wildman–Crippen LogP) is 3.07. The lowest BCUT2D eigenvalue weighted by Gasteiger charge is -2.34. The third kappa shape index (κ3) is 3.33. The van der Waals surface area contributed by atoms with Gasteiger partial charge in [0.1, 0.15) is 0 Å². The van der Waals surface area contributed by atoms with Crippen molar-refractivity contribution in [2.75, 3.05) is 19.6 Å². The molecule has 1 N–H and O–H groups in total. The quantitative estimate of drug-likeness (QED) is 0.863. The van der Waals surface area contributed by atoms with Crippen LogP contribution in [0.25, 0.3) is 0 Å². The number of nitrogens with one attached hydrogen (secondary N) is 1. The summed E-state index contributed by atoms with van der Waals surface area (Å²) in [4.78, 5) is 2.61. The average Bonchev–Trinajstić information content (AvgIpc) is 2.48. The second-order valence-corrected chi connectivity index (χ2v) is 6.46. The van der Waals surface area contributed by atoms with E-state index in [1.54, 1.807) is 0 Å². The Kier molecular flexibility index (Phi) is 4.08. The van der Waals surface area contributed by atoms with E-state index in [4.69, 9.17) is 0 Å². The van der Waals surface area contributed by atoms with Crippen LogP contribution >= 0.6 is 0 Å². The van der Waals surface area contributed by atoms with Crippen molar-refractivity contribution in [3.8, 4) is 0 Å². The lowest BCUT2D eigenvalue weighted by Crippen LogP contribution is -2.37. The normalized spacial score (nSPS) is 26.6. The second-order valence-electron chi connectivity index (χ2n) is 6.46. The standard InChI is InChI=1S/C16H26N2/c1-13-10-18(12-16(3,4)11-17-13)14(2)15-8-6-5-7-9-15/h5-9,13-14,17H,10-12H2,1-4H3. The van der Waals surface area contributed by atoms with Gasteiger partial charge in [-0.25, -0.2) is 0 Å². The Labute approximate surface area is 111 Å². The zero-order valence-electron chi connectivity index (χ0n) is 12.1. The lowest BCUT2D eigenvalue weighted by molar-refractivity contribution is 0.157. The SMILES string of the molecule is CC1CN(C(C)c2ccccc2)CC(C)(C)CN1. The van der Waals surface area contributed by atoms with Crippen molar-refractivity contribution in [3.63, 3.8) is 0 Å². The zero-order chi connectivity index (χ0) is 13.2. The summed E-state index contributed by atoms with van der Waals surface area (Å²) in [5, 5.41) is 3.63. The maximum Gasteiger partial charge on any atom is 0.0320 e. The fourth-order valence-electron chi connectivity index (χ4n) is 2.77. The molecule has 0 spiro atoms. The number of rotatable bonds is 2. The van der Waals surface area contributed by atoms with Crippen molar-refractivity contribution in [2.45, 2.75) is 39.8 Å². The van der Waals surface area contributed by atoms with Crippen LogP contribution in [-0.2, 0) is 0 Å². The van der Waals surface area contributed by atoms with Crippen molar-refractivity contribution >= 4 is 0 Å². The molecule has 2 unspecified atom stereocenters. The van der Waals surface area contributed by atoms with Gasteiger partial charge in [0.05, 0.1) is 0 Å². The fraction of sp³-hybridized carbons (Fsp3) is 0.625. The van der Waals surface area contributed by atoms with Gasteiger partial charge in [-0.05, 0) is 24.8 Å². The first kappa shape index (κ1) is 13.6. The molecular formula is C16H26N2. The van der Waals surface area contributed by atoms with Crippen LogP contribution in [-0.4, -0.2) is 30.6 Å². The summed E-state index contributed by atoms with van der Waals surface area (Å²) in [5.41, 5.74) is 1.76. The van der Waals surface area contributed by atoms with E-state index in [9.17, 15) is 0 Å². The Morgan fingerprint density at radius 3 is 2.61 bits per heavy atom. The Bertz CT molecular complexity index is 372. The average molecular weight is 246 g/mol. The Hall–Kier alpha value is -0.860. The molecule has 2 rings (SSSR count). The highest BCUT2D eigenvalue weighted by molar-refractivity contribution is 5.18. The molecule has 0 aromatic heterocycles. The molecule has 1 aliphatic rings. The summed E-state index contributed by atoms with van der Waals surface area (Å²) in [6, 6.07) is 11.9. The van der Waals surface area contributed by atoms with Crippen molar-refractivity contribution in [1.29, 1.82) is 0 Å². The van der Waals surface area contributed by atoms with Crippen LogP contribution in [0.5, 0.6) is 0 Å². The van der Waals surface area contributed by atoms with Crippen LogP contribution in [0.3, 0.4) is 0 Å². The van der Waals surface area contributed by atoms with Crippen LogP contribution in [0.15, 0.2) is 30.3 Å². The number of hydrogen-bond acceptors (Lipinski definition) is 2. The highest BCUT2D eigenvalue weighted by Gasteiger charge is 2.29. The van der Waals surface area contributed by atoms with Crippen LogP contribution in [0.2, 0.25) is 0 Å². The molecule has 1 aromatic rings. The topological polar surface area (TPSA) is 15.3 Å². The van der Waals surface area contributed by atoms with Crippen molar-refractivity contribution in [1.82, 2.24) is 10.2 Å². The van der Waals surface area contributed by atoms with Gasteiger partial charge in [-0.15, -0.1) is 0 Å². The largest absolute Gasteiger partial charge is 0.312 e. The van der Waals surface area contributed by atoms with E-state index in [2.05, 4.69) is 68.2 Å². The summed E-state index contributed by atoms with van der Waals surface area (Å²) in [6.07, 6.45) is 0. The Balaban J connectivity index is 2.15. The van der Waals surface area contributed by atoms with Gasteiger partial charge in [0.25, 0.3) is 0 Å². The minimum Gasteiger partial charge on any atom is -0.312 e. The maximum atomic E-state index is 3.63. The summed E-state index contributed by atoms with van der Waals surface area (Å²) in [5.74, 6) is 0. The van der Waals surface area contributed by atoms with Gasteiger partial charge in [-0.3, -0.25) is 4.90 Å². The zero-order valence-corrected chi connectivity index (χ0v) is 12.1. The molecule has 0 bridgehead atoms. The molecule has 0 amide bonds. The number of hydrogen-bond donors (Lipinski definition) is 1. The first-order valence-corrected chi connectivity index (χ1v) is 7.00. The molecule has 2 atom stereocenters. The van der Waals surface area contributed by atoms with E-state index in [0.29, 0.717) is 17.5 Å². The molecule has 2 nitrogen and oxygen atoms in total. The highest BCUT2D eigenvalue weighted by Crippen LogP contribution is 2.27. The van der Waals surface area contributed by atoms with Crippen molar-refractivity contribution in [2.24, 2.45) is 5.41 Å². The van der Waals surface area contributed by atoms with Gasteiger partial charge in [0, 0.05) is 31.7 Å². The van der Waals surface area contributed by atoms with E-state index in [0.717, 1.165) is 19.6 Å². The summed E-state index contributed by atoms with van der Waals surface area (Å²) in [7, 11) is 0. The molecule has 1 aromatic carbocycles. The molecule has 0 aliphatic carbocycles. The van der Waals surface area contributed by atoms with Gasteiger partial charge in [0.2, 0.25) is 0 Å². The van der Waals surface area contributed by atoms with Gasteiger partial charge in [0.15, 0.2) is 0 Å². The van der Waals surface area contributed by atoms with Crippen LogP contribution < -0.4 is 5.32 Å². The molecule has 18 heavy (non-hydrogen) atoms. The first-order valence-electron chi connectivity index (χ1n) is 7.00. The molecular weight excluding hydrogens is 220 g/mol. The molecule has 0 radical (unpaired) electrons. The molecule has 2 heteroatoms. The maximum absolute atomic E-state index is 3.63. The van der Waals surface area contributed by atoms with Crippen molar-refractivity contribution < 1.29 is 0 Å². The number of nitrogens with zero attached hydrogens (tertiary/aromatic N) is 1. The second kappa shape index (κ2) is 5.41. The molecule has 1 fully saturated rings. The summed E-state index contributed by atoms with van der Waals surface area (Å²) in [6.45, 7) is 12.7. The van der Waals surface area contributed by atoms with E-state index in [1.165, 1.54) is 5.56 Å². The molecule has 1 heterocycles. The van der Waals surface area contributed by atoms with Crippen LogP contribution in [0, 0.1) is 5.41 Å². The van der Waals surface area contributed by atoms with Crippen LogP contribution in [0.4, 0.5) is 0 Å². The predicted molar refractivity (Wildman–Crippen MR) is 77.7 cm³/mol. The van der Waals surface area contributed by atoms with E-state index < -0.39 is 0 Å². The highest BCUT2D eigenvalue weighted by atomic mass is 15.2. The lowest BCUT2D eigenvalue weighted by atomic mass is 9.92. The molecule has 100 valence electrons. The first-order chi connectivity index (χ1) is 8.48. The molecule has 1 aliphatic heterocycles. The fourth-order valence-corrected chi connectivity index (χ4v) is 2.77. The smallest absolute Gasteiger partial charge is 0.0320 e. The van der Waals surface area contributed by atoms with Gasteiger partial charge >= 0.3 is 0 Å². The number of benzene rings is 1. The minimum absolute atomic E-state index is 0.341. The Morgan fingerprint density at radius 1 is 1.28 bits per heavy atom. The summed E-state index contributed by atoms with van der Waals surface area (Å²) >= 11 is 0. The molecule has 0 saturated carbocycles. The van der Waals surface area contributed by atoms with Gasteiger partial charge in [-0.1, -0.05) is 44.2 Å². The third-order valence-electron chi connectivity index (χ3n) is 3.90. The summed E-state index contributed by atoms with van der Waals surface area (Å²) < 4.78 is 0. The van der Waals surface area contributed by atoms with E-state index in [-0.39, 0.29) is 0 Å². The van der Waals surface area contributed by atoms with Crippen LogP contribution in [0.1, 0.15) is 39.3 Å². The van der Waals surface area contributed by atoms with Crippen molar-refractivity contribution in [3.05, 3.63) is 35.9 Å². The van der Waals surface area contributed by atoms with Gasteiger partial charge in [-0.2, -0.15) is 0 Å². The molecule has 1 saturated heterocycles. The minimum atomic E-state index is 0.341. The monoisotopic (exact) mass is 246 g/mol. The van der Waals surface area contributed by atoms with E-state index >= 15 is 0 Å².